The minimum atomic E-state index is -6.06. The Balaban J connectivity index is 2.47. The topological polar surface area (TPSA) is 79.7 Å². The third-order valence-corrected chi connectivity index (χ3v) is 5.51. The van der Waals surface area contributed by atoms with Crippen molar-refractivity contribution < 1.29 is 45.8 Å². The number of carbonyl (C=O) groups excluding carboxylic acids is 2. The van der Waals surface area contributed by atoms with E-state index in [4.69, 9.17) is 0 Å². The van der Waals surface area contributed by atoms with Gasteiger partial charge in [-0.2, -0.15) is 26.3 Å². The molecule has 0 saturated heterocycles. The normalized spacial score (nSPS) is 12.7. The number of methoxy groups -OCH3 is 1. The van der Waals surface area contributed by atoms with Gasteiger partial charge in [0, 0.05) is 12.1 Å². The van der Waals surface area contributed by atoms with E-state index in [1.165, 1.54) is 45.2 Å². The highest BCUT2D eigenvalue weighted by molar-refractivity contribution is 7.15. The summed E-state index contributed by atoms with van der Waals surface area (Å²) in [4.78, 5) is 27.1. The Morgan fingerprint density at radius 2 is 1.62 bits per heavy atom. The summed E-state index contributed by atoms with van der Waals surface area (Å²) in [6.07, 6.45) is -11.9. The summed E-state index contributed by atoms with van der Waals surface area (Å²) in [7, 11) is 1.18. The van der Waals surface area contributed by atoms with Gasteiger partial charge in [0.2, 0.25) is 5.91 Å². The molecule has 1 N–H and O–H groups in total. The van der Waals surface area contributed by atoms with Crippen LogP contribution >= 0.6 is 11.3 Å². The Morgan fingerprint density at radius 1 is 1.09 bits per heavy atom. The lowest BCUT2D eigenvalue weighted by Crippen LogP contribution is -2.53. The molecule has 2 rings (SSSR count). The lowest BCUT2D eigenvalue weighted by atomic mass is 10.0. The number of aliphatic hydroxyl groups is 1. The molecule has 0 saturated carbocycles. The third-order valence-electron chi connectivity index (χ3n) is 4.38. The number of nitrogens with zero attached hydrogens (tertiary/aromatic N) is 2. The van der Waals surface area contributed by atoms with Gasteiger partial charge < -0.3 is 9.84 Å². The molecule has 1 aromatic carbocycles. The summed E-state index contributed by atoms with van der Waals surface area (Å²) in [6.45, 7) is 2.74. The number of anilines is 1. The average molecular weight is 484 g/mol. The second-order valence-electron chi connectivity index (χ2n) is 6.98. The zero-order valence-corrected chi connectivity index (χ0v) is 17.7. The van der Waals surface area contributed by atoms with Crippen molar-refractivity contribution in [3.63, 3.8) is 0 Å². The smallest absolute Gasteiger partial charge is 0.431 e. The van der Waals surface area contributed by atoms with E-state index in [0.29, 0.717) is 5.56 Å². The number of benzene rings is 1. The molecule has 32 heavy (non-hydrogen) atoms. The fourth-order valence-electron chi connectivity index (χ4n) is 2.60. The van der Waals surface area contributed by atoms with Gasteiger partial charge in [0.15, 0.2) is 5.13 Å². The molecular weight excluding hydrogens is 466 g/mol. The fourth-order valence-corrected chi connectivity index (χ4v) is 3.65. The van der Waals surface area contributed by atoms with Crippen LogP contribution in [0.25, 0.3) is 0 Å². The first-order valence-electron chi connectivity index (χ1n) is 8.94. The zero-order valence-electron chi connectivity index (χ0n) is 16.9. The van der Waals surface area contributed by atoms with Crippen molar-refractivity contribution in [3.05, 3.63) is 46.5 Å². The number of esters is 1. The lowest BCUT2D eigenvalue weighted by molar-refractivity contribution is -0.375. The Kier molecular flexibility index (Phi) is 7.24. The molecule has 1 aromatic heterocycles. The summed E-state index contributed by atoms with van der Waals surface area (Å²) in [5.41, 5.74) is -4.51. The highest BCUT2D eigenvalue weighted by Crippen LogP contribution is 2.52. The van der Waals surface area contributed by atoms with E-state index in [2.05, 4.69) is 9.72 Å². The van der Waals surface area contributed by atoms with Crippen LogP contribution in [0.2, 0.25) is 0 Å². The van der Waals surface area contributed by atoms with E-state index in [-0.39, 0.29) is 29.6 Å². The minimum Gasteiger partial charge on any atom is -0.465 e. The minimum absolute atomic E-state index is 0.0918. The van der Waals surface area contributed by atoms with Crippen molar-refractivity contribution in [1.82, 2.24) is 4.98 Å². The molecule has 2 aromatic rings. The predicted octanol–water partition coefficient (Wildman–Crippen LogP) is 4.43. The van der Waals surface area contributed by atoms with E-state index in [9.17, 15) is 41.0 Å². The van der Waals surface area contributed by atoms with Gasteiger partial charge >= 0.3 is 18.3 Å². The molecular formula is C19H18F6N2O4S. The summed E-state index contributed by atoms with van der Waals surface area (Å²) in [5, 5.41) is 9.11. The molecule has 1 heterocycles. The summed E-state index contributed by atoms with van der Waals surface area (Å²) < 4.78 is 83.5. The molecule has 0 unspecified atom stereocenters. The van der Waals surface area contributed by atoms with Crippen LogP contribution in [0.1, 0.15) is 34.6 Å². The molecule has 0 bridgehead atoms. The summed E-state index contributed by atoms with van der Waals surface area (Å²) in [6, 6.07) is 5.67. The van der Waals surface area contributed by atoms with Crippen LogP contribution in [0.3, 0.4) is 0 Å². The van der Waals surface area contributed by atoms with Gasteiger partial charge in [-0.1, -0.05) is 37.3 Å². The molecule has 0 spiro atoms. The maximum absolute atomic E-state index is 13.2. The number of alkyl halides is 6. The number of hydrogen-bond acceptors (Lipinski definition) is 6. The van der Waals surface area contributed by atoms with Gasteiger partial charge in [0.25, 0.3) is 5.60 Å². The highest BCUT2D eigenvalue weighted by Gasteiger charge is 2.72. The zero-order chi connectivity index (χ0) is 24.5. The number of carbonyl (C=O) groups is 2. The Morgan fingerprint density at radius 3 is 2.06 bits per heavy atom. The molecule has 0 aliphatic heterocycles. The van der Waals surface area contributed by atoms with Crippen LogP contribution < -0.4 is 4.90 Å². The largest absolute Gasteiger partial charge is 0.465 e. The predicted molar refractivity (Wildman–Crippen MR) is 102 cm³/mol. The number of aromatic nitrogens is 1. The van der Waals surface area contributed by atoms with Gasteiger partial charge in [-0.05, 0) is 17.7 Å². The van der Waals surface area contributed by atoms with E-state index >= 15 is 0 Å². The molecule has 176 valence electrons. The monoisotopic (exact) mass is 484 g/mol. The fraction of sp³-hybridized carbons (Fsp3) is 0.421. The second kappa shape index (κ2) is 9.06. The van der Waals surface area contributed by atoms with Gasteiger partial charge in [0.05, 0.1) is 24.1 Å². The first kappa shape index (κ1) is 25.6. The number of amides is 1. The number of rotatable bonds is 6. The Hall–Kier alpha value is -2.67. The van der Waals surface area contributed by atoms with E-state index in [1.807, 2.05) is 0 Å². The Bertz CT molecular complexity index is 955. The lowest BCUT2D eigenvalue weighted by Gasteiger charge is -2.31. The summed E-state index contributed by atoms with van der Waals surface area (Å²) >= 11 is -0.0918. The molecule has 0 atom stereocenters. The molecule has 0 aliphatic rings. The number of halogens is 6. The van der Waals surface area contributed by atoms with Gasteiger partial charge in [-0.3, -0.25) is 9.69 Å². The van der Waals surface area contributed by atoms with Crippen molar-refractivity contribution in [2.75, 3.05) is 12.0 Å². The maximum atomic E-state index is 13.2. The molecule has 1 amide bonds. The van der Waals surface area contributed by atoms with Crippen molar-refractivity contribution in [1.29, 1.82) is 0 Å². The van der Waals surface area contributed by atoms with E-state index in [0.717, 1.165) is 4.90 Å². The summed E-state index contributed by atoms with van der Waals surface area (Å²) in [5.74, 6) is -1.90. The molecule has 6 nitrogen and oxygen atoms in total. The van der Waals surface area contributed by atoms with E-state index in [1.54, 1.807) is 0 Å². The number of hydrogen-bond donors (Lipinski definition) is 1. The van der Waals surface area contributed by atoms with Crippen LogP contribution in [-0.2, 0) is 21.7 Å². The van der Waals surface area contributed by atoms with Crippen LogP contribution in [0.4, 0.5) is 31.5 Å². The number of ether oxygens (including phenoxy) is 1. The number of thiazole rings is 1. The Labute approximate surface area is 182 Å². The van der Waals surface area contributed by atoms with E-state index < -0.39 is 45.8 Å². The average Bonchev–Trinajstić information content (AvgIpc) is 3.19. The quantitative estimate of drug-likeness (QED) is 0.485. The molecule has 0 aliphatic carbocycles. The van der Waals surface area contributed by atoms with Crippen molar-refractivity contribution in [3.8, 4) is 0 Å². The molecule has 0 fully saturated rings. The SMILES string of the molecule is COC(=O)c1ccc(CN(C(=O)C(C)C)c2ncc(C(O)(C(F)(F)F)C(F)(F)F)s2)cc1. The molecule has 13 heteroatoms. The van der Waals surface area contributed by atoms with Crippen LogP contribution in [-0.4, -0.2) is 41.4 Å². The van der Waals surface area contributed by atoms with Crippen LogP contribution in [0.5, 0.6) is 0 Å². The van der Waals surface area contributed by atoms with Crippen molar-refractivity contribution >= 4 is 28.3 Å². The second-order valence-corrected chi connectivity index (χ2v) is 7.99. The standard InChI is InChI=1S/C19H18F6N2O4S/c1-10(2)14(28)27(9-11-4-6-12(7-5-11)15(29)31-3)16-26-8-13(32-16)17(30,18(20,21)22)19(23,24)25/h4-8,10,30H,9H2,1-3H3. The maximum Gasteiger partial charge on any atom is 0.431 e. The van der Waals surface area contributed by atoms with Gasteiger partial charge in [0.1, 0.15) is 0 Å². The molecule has 0 radical (unpaired) electrons. The van der Waals surface area contributed by atoms with Gasteiger partial charge in [-0.15, -0.1) is 0 Å². The highest BCUT2D eigenvalue weighted by atomic mass is 32.1. The van der Waals surface area contributed by atoms with Crippen molar-refractivity contribution in [2.45, 2.75) is 38.3 Å². The third kappa shape index (κ3) is 4.88. The first-order chi connectivity index (χ1) is 14.6. The van der Waals surface area contributed by atoms with Gasteiger partial charge in [-0.25, -0.2) is 9.78 Å². The first-order valence-corrected chi connectivity index (χ1v) is 9.76. The van der Waals surface area contributed by atoms with Crippen molar-refractivity contribution in [2.24, 2.45) is 5.92 Å². The van der Waals surface area contributed by atoms with Crippen LogP contribution in [0, 0.1) is 5.92 Å². The van der Waals surface area contributed by atoms with Crippen LogP contribution in [0.15, 0.2) is 30.5 Å².